The van der Waals surface area contributed by atoms with Gasteiger partial charge in [0.15, 0.2) is 12.2 Å². The first-order chi connectivity index (χ1) is 14.9. The van der Waals surface area contributed by atoms with Crippen molar-refractivity contribution < 1.29 is 47.8 Å². The number of nitrogens with zero attached hydrogens (tertiary/aromatic N) is 1. The first-order valence-corrected chi connectivity index (χ1v) is 9.11. The number of amides is 1. The zero-order valence-electron chi connectivity index (χ0n) is 17.7. The fourth-order valence-electron chi connectivity index (χ4n) is 2.49. The number of esters is 4. The van der Waals surface area contributed by atoms with E-state index in [1.165, 1.54) is 18.2 Å². The lowest BCUT2D eigenvalue weighted by atomic mass is 10.1. The molecule has 3 atom stereocenters. The molecule has 0 saturated carbocycles. The van der Waals surface area contributed by atoms with Crippen LogP contribution in [0.5, 0.6) is 0 Å². The molecule has 1 amide bonds. The molecule has 0 aromatic heterocycles. The van der Waals surface area contributed by atoms with Crippen LogP contribution in [0, 0.1) is 10.1 Å². The number of anilines is 1. The largest absolute Gasteiger partial charge is 0.462 e. The highest BCUT2D eigenvalue weighted by molar-refractivity contribution is 5.96. The van der Waals surface area contributed by atoms with E-state index in [4.69, 9.17) is 18.9 Å². The third kappa shape index (κ3) is 8.77. The van der Waals surface area contributed by atoms with E-state index < -0.39 is 59.6 Å². The van der Waals surface area contributed by atoms with Gasteiger partial charge in [0, 0.05) is 45.5 Å². The SMILES string of the molecule is CC(=O)OCC(OC(C)=O)C(OC(C)=O)C(OC(C)=O)C(=O)Nc1cccc([N+](=O)[O-])c1. The number of non-ortho nitro benzene ring substituents is 1. The molecule has 13 heteroatoms. The summed E-state index contributed by atoms with van der Waals surface area (Å²) in [4.78, 5) is 69.1. The van der Waals surface area contributed by atoms with Gasteiger partial charge in [-0.25, -0.2) is 0 Å². The highest BCUT2D eigenvalue weighted by Gasteiger charge is 2.42. The second-order valence-electron chi connectivity index (χ2n) is 6.35. The van der Waals surface area contributed by atoms with Gasteiger partial charge in [0.05, 0.1) is 4.92 Å². The zero-order valence-corrected chi connectivity index (χ0v) is 17.7. The van der Waals surface area contributed by atoms with Gasteiger partial charge < -0.3 is 24.3 Å². The second kappa shape index (κ2) is 12.0. The van der Waals surface area contributed by atoms with Crippen LogP contribution >= 0.6 is 0 Å². The zero-order chi connectivity index (χ0) is 24.4. The van der Waals surface area contributed by atoms with Crippen LogP contribution < -0.4 is 5.32 Å². The van der Waals surface area contributed by atoms with E-state index in [-0.39, 0.29) is 11.4 Å². The van der Waals surface area contributed by atoms with E-state index in [1.54, 1.807) is 0 Å². The monoisotopic (exact) mass is 454 g/mol. The van der Waals surface area contributed by atoms with Crippen molar-refractivity contribution in [1.82, 2.24) is 0 Å². The summed E-state index contributed by atoms with van der Waals surface area (Å²) in [6.45, 7) is 3.45. The Hall–Kier alpha value is -4.03. The standard InChI is InChI=1S/C19H22N2O11/c1-10(22)29-9-16(30-11(2)23)17(31-12(3)24)18(32-13(4)25)19(26)20-14-6-5-7-15(8-14)21(27)28/h5-8,16-18H,9H2,1-4H3,(H,20,26). The van der Waals surface area contributed by atoms with Crippen molar-refractivity contribution in [3.05, 3.63) is 34.4 Å². The van der Waals surface area contributed by atoms with Gasteiger partial charge in [-0.3, -0.25) is 34.1 Å². The average molecular weight is 454 g/mol. The Labute approximate surface area is 182 Å². The van der Waals surface area contributed by atoms with Crippen molar-refractivity contribution in [3.8, 4) is 0 Å². The minimum atomic E-state index is -1.87. The molecular formula is C19H22N2O11. The summed E-state index contributed by atoms with van der Waals surface area (Å²) in [5.74, 6) is -4.54. The van der Waals surface area contributed by atoms with Crippen molar-refractivity contribution in [2.45, 2.75) is 46.0 Å². The van der Waals surface area contributed by atoms with Gasteiger partial charge in [-0.2, -0.15) is 0 Å². The van der Waals surface area contributed by atoms with E-state index in [0.717, 1.165) is 33.8 Å². The van der Waals surface area contributed by atoms with Crippen molar-refractivity contribution in [2.75, 3.05) is 11.9 Å². The molecule has 1 aromatic carbocycles. The number of nitro groups is 1. The minimum Gasteiger partial charge on any atom is -0.462 e. The maximum absolute atomic E-state index is 12.9. The smallest absolute Gasteiger partial charge is 0.303 e. The summed E-state index contributed by atoms with van der Waals surface area (Å²) < 4.78 is 19.9. The summed E-state index contributed by atoms with van der Waals surface area (Å²) >= 11 is 0. The Kier molecular flexibility index (Phi) is 9.73. The minimum absolute atomic E-state index is 0.0213. The maximum Gasteiger partial charge on any atom is 0.303 e. The summed E-state index contributed by atoms with van der Waals surface area (Å²) in [7, 11) is 0. The molecular weight excluding hydrogens is 432 g/mol. The Morgan fingerprint density at radius 2 is 1.53 bits per heavy atom. The van der Waals surface area contributed by atoms with Gasteiger partial charge in [0.2, 0.25) is 6.10 Å². The van der Waals surface area contributed by atoms with E-state index in [9.17, 15) is 34.1 Å². The number of carbonyl (C=O) groups excluding carboxylic acids is 5. The number of benzene rings is 1. The number of nitrogens with one attached hydrogen (secondary N) is 1. The highest BCUT2D eigenvalue weighted by atomic mass is 16.6. The van der Waals surface area contributed by atoms with Gasteiger partial charge >= 0.3 is 23.9 Å². The van der Waals surface area contributed by atoms with Crippen LogP contribution in [0.25, 0.3) is 0 Å². The Bertz CT molecular complexity index is 899. The number of nitro benzene ring substituents is 1. The molecule has 0 radical (unpaired) electrons. The fourth-order valence-corrected chi connectivity index (χ4v) is 2.49. The van der Waals surface area contributed by atoms with Gasteiger partial charge in [0.25, 0.3) is 11.6 Å². The molecule has 0 bridgehead atoms. The topological polar surface area (TPSA) is 177 Å². The summed E-state index contributed by atoms with van der Waals surface area (Å²) in [6, 6.07) is 4.88. The number of hydrogen-bond acceptors (Lipinski definition) is 11. The molecule has 0 saturated heterocycles. The average Bonchev–Trinajstić information content (AvgIpc) is 2.67. The molecule has 0 spiro atoms. The van der Waals surface area contributed by atoms with Crippen molar-refractivity contribution >= 4 is 41.2 Å². The van der Waals surface area contributed by atoms with Crippen LogP contribution in [-0.4, -0.2) is 59.6 Å². The normalized spacial score (nSPS) is 13.0. The highest BCUT2D eigenvalue weighted by Crippen LogP contribution is 2.20. The molecule has 1 rings (SSSR count). The number of carbonyl (C=O) groups is 5. The van der Waals surface area contributed by atoms with E-state index in [1.807, 2.05) is 0 Å². The fraction of sp³-hybridized carbons (Fsp3) is 0.421. The third-order valence-corrected chi connectivity index (χ3v) is 3.61. The molecule has 174 valence electrons. The third-order valence-electron chi connectivity index (χ3n) is 3.61. The lowest BCUT2D eigenvalue weighted by molar-refractivity contribution is -0.384. The Morgan fingerprint density at radius 1 is 0.938 bits per heavy atom. The molecule has 3 unspecified atom stereocenters. The molecule has 0 aliphatic heterocycles. The maximum atomic E-state index is 12.9. The molecule has 0 aliphatic rings. The van der Waals surface area contributed by atoms with Crippen LogP contribution in [0.1, 0.15) is 27.7 Å². The predicted octanol–water partition coefficient (Wildman–Crippen LogP) is 0.892. The van der Waals surface area contributed by atoms with Crippen LogP contribution in [-0.2, 0) is 42.9 Å². The van der Waals surface area contributed by atoms with Crippen LogP contribution in [0.2, 0.25) is 0 Å². The number of ether oxygens (including phenoxy) is 4. The van der Waals surface area contributed by atoms with E-state index >= 15 is 0 Å². The van der Waals surface area contributed by atoms with Crippen molar-refractivity contribution in [1.29, 1.82) is 0 Å². The lowest BCUT2D eigenvalue weighted by Crippen LogP contribution is -2.52. The van der Waals surface area contributed by atoms with E-state index in [0.29, 0.717) is 0 Å². The Morgan fingerprint density at radius 3 is 2.03 bits per heavy atom. The first kappa shape index (κ1) is 26.0. The molecule has 0 aliphatic carbocycles. The number of hydrogen-bond donors (Lipinski definition) is 1. The van der Waals surface area contributed by atoms with Gasteiger partial charge in [-0.15, -0.1) is 0 Å². The molecule has 32 heavy (non-hydrogen) atoms. The van der Waals surface area contributed by atoms with Crippen LogP contribution in [0.4, 0.5) is 11.4 Å². The van der Waals surface area contributed by atoms with Crippen molar-refractivity contribution in [2.24, 2.45) is 0 Å². The number of rotatable bonds is 10. The first-order valence-electron chi connectivity index (χ1n) is 9.11. The summed E-state index contributed by atoms with van der Waals surface area (Å²) in [5.41, 5.74) is -0.344. The molecule has 0 heterocycles. The van der Waals surface area contributed by atoms with E-state index in [2.05, 4.69) is 5.32 Å². The molecule has 1 N–H and O–H groups in total. The molecule has 13 nitrogen and oxygen atoms in total. The predicted molar refractivity (Wildman–Crippen MR) is 105 cm³/mol. The Balaban J connectivity index is 3.32. The van der Waals surface area contributed by atoms with Crippen LogP contribution in [0.3, 0.4) is 0 Å². The van der Waals surface area contributed by atoms with Crippen molar-refractivity contribution in [3.63, 3.8) is 0 Å². The van der Waals surface area contributed by atoms with Gasteiger partial charge in [0.1, 0.15) is 6.61 Å². The lowest BCUT2D eigenvalue weighted by Gasteiger charge is -2.30. The summed E-state index contributed by atoms with van der Waals surface area (Å²) in [6.07, 6.45) is -5.09. The van der Waals surface area contributed by atoms with Crippen LogP contribution in [0.15, 0.2) is 24.3 Å². The molecule has 0 fully saturated rings. The molecule has 1 aromatic rings. The second-order valence-corrected chi connectivity index (χ2v) is 6.35. The van der Waals surface area contributed by atoms with Gasteiger partial charge in [-0.05, 0) is 6.07 Å². The summed E-state index contributed by atoms with van der Waals surface area (Å²) in [5, 5.41) is 13.3. The van der Waals surface area contributed by atoms with Gasteiger partial charge in [-0.1, -0.05) is 6.07 Å². The quantitative estimate of drug-likeness (QED) is 0.230.